The van der Waals surface area contributed by atoms with Gasteiger partial charge in [0.2, 0.25) is 76.8 Å². The Labute approximate surface area is 884 Å². The highest BCUT2D eigenvalue weighted by molar-refractivity contribution is 7.98. The van der Waals surface area contributed by atoms with Gasteiger partial charge in [-0.2, -0.15) is 23.5 Å². The predicted molar refractivity (Wildman–Crippen MR) is 558 cm³/mol. The zero-order chi connectivity index (χ0) is 110. The number of likely N-dealkylation sites (tertiary alicyclic amines) is 1. The number of amides is 13. The van der Waals surface area contributed by atoms with Crippen LogP contribution < -0.4 is 63.8 Å². The lowest BCUT2D eigenvalue weighted by Gasteiger charge is -2.33. The molecule has 150 heavy (non-hydrogen) atoms. The summed E-state index contributed by atoms with van der Waals surface area (Å²) in [5.74, 6) is -16.4. The molecule has 11 atom stereocenters. The van der Waals surface area contributed by atoms with E-state index in [2.05, 4.69) is 73.8 Å². The first-order chi connectivity index (χ1) is 71.6. The number of carbonyl (C=O) groups excluding carboxylic acids is 13. The largest absolute Gasteiger partial charge is 0.481 e. The van der Waals surface area contributed by atoms with E-state index in [4.69, 9.17) is 25.8 Å². The van der Waals surface area contributed by atoms with Gasteiger partial charge >= 0.3 is 29.8 Å². The fourth-order valence-electron chi connectivity index (χ4n) is 17.3. The van der Waals surface area contributed by atoms with Gasteiger partial charge in [0.25, 0.3) is 0 Å². The minimum Gasteiger partial charge on any atom is -0.481 e. The number of aromatic nitrogens is 2. The Morgan fingerprint density at radius 3 is 1.65 bits per heavy atom. The third kappa shape index (κ3) is 43.0. The molecule has 2 bridgehead atoms. The van der Waals surface area contributed by atoms with E-state index in [0.717, 1.165) is 11.1 Å². The van der Waals surface area contributed by atoms with Gasteiger partial charge in [-0.15, -0.1) is 0 Å². The quantitative estimate of drug-likeness (QED) is 0.0241. The summed E-state index contributed by atoms with van der Waals surface area (Å²) in [7, 11) is 0. The molecule has 3 aliphatic heterocycles. The number of aliphatic hydroxyl groups is 1. The second kappa shape index (κ2) is 63.9. The number of aliphatic carboxylic acids is 5. The zero-order valence-corrected chi connectivity index (χ0v) is 88.5. The first kappa shape index (κ1) is 123. The molecule has 0 aliphatic carbocycles. The first-order valence-electron chi connectivity index (χ1n) is 50.8. The highest BCUT2D eigenvalue weighted by atomic mass is 35.5. The second-order valence-corrected chi connectivity index (χ2v) is 41.3. The number of aliphatic hydroxyl groups excluding tert-OH is 1. The minimum atomic E-state index is -2.15. The van der Waals surface area contributed by atoms with Gasteiger partial charge in [-0.1, -0.05) is 102 Å². The highest BCUT2D eigenvalue weighted by Gasteiger charge is 2.44. The van der Waals surface area contributed by atoms with E-state index in [9.17, 15) is 97.8 Å². The van der Waals surface area contributed by atoms with E-state index >= 15 is 19.2 Å². The number of hydrogen-bond acceptors (Lipinski definition) is 28. The number of carboxylic acid groups (broad SMARTS) is 5. The number of thioether (sulfide) groups is 2. The summed E-state index contributed by atoms with van der Waals surface area (Å²) < 4.78 is 16.9. The molecule has 5 heterocycles. The Hall–Kier alpha value is -12.1. The van der Waals surface area contributed by atoms with Gasteiger partial charge < -0.3 is 124 Å². The van der Waals surface area contributed by atoms with Crippen molar-refractivity contribution in [2.75, 3.05) is 162 Å². The van der Waals surface area contributed by atoms with Crippen LogP contribution in [0, 0.1) is 17.8 Å². The number of nitrogens with zero attached hydrogens (tertiary/aromatic N) is 5. The fourth-order valence-corrected chi connectivity index (χ4v) is 19.2. The number of ether oxygens (including phenoxy) is 3. The Kier molecular flexibility index (Phi) is 52.4. The van der Waals surface area contributed by atoms with Crippen molar-refractivity contribution in [3.05, 3.63) is 106 Å². The third-order valence-electron chi connectivity index (χ3n) is 25.6. The molecule has 2 saturated heterocycles. The number of fused-ring (bicyclic) bond motifs is 4. The van der Waals surface area contributed by atoms with Crippen LogP contribution in [0.25, 0.3) is 21.8 Å². The van der Waals surface area contributed by atoms with Crippen LogP contribution in [-0.4, -0.2) is 394 Å². The number of carboxylic acids is 5. The fraction of sp³-hybridized carbons (Fsp3) is 0.604. The SMILES string of the molecule is CC[C@H](C)[C@@H]1NC(=O)[C@H](CC(C)C)NC(=O)[C@](C)(CO)NC(=O)[C@@H](NC(=O)[C@@H](CC(C)C)NC(=O)[C@H](CCC(=O)O)NC(=O)[C@@H]2CCCN2C(=O)[C@H](Cc2c[nH]c3ccc(Cl)cc23)NC(=O)[C@H](Cc2c[nH]c3ccccc23)NC(=O)[C@H](CC(=O)O)NC(=O)CCC(=O)NCCCOCCOCCOCCCNC(=O)CN2CCN(CC(=O)O)CCN(CC(=O)O)CCN(CC(=O)O)CC2)CSCc2cccc(c2)CSCCNC1=O. The summed E-state index contributed by atoms with van der Waals surface area (Å²) in [6.07, 6.45) is 0.857. The number of rotatable bonds is 53. The maximum atomic E-state index is 15.7. The predicted octanol–water partition coefficient (Wildman–Crippen LogP) is 0.917. The van der Waals surface area contributed by atoms with Gasteiger partial charge in [-0.25, -0.2) is 0 Å². The highest BCUT2D eigenvalue weighted by Crippen LogP contribution is 2.29. The molecular formula is C101H148ClN19O27S2. The van der Waals surface area contributed by atoms with Crippen LogP contribution in [0.15, 0.2) is 79.1 Å². The molecule has 0 unspecified atom stereocenters. The number of hydrogen-bond donors (Lipinski definition) is 20. The summed E-state index contributed by atoms with van der Waals surface area (Å²) in [4.78, 5) is 262. The molecule has 0 radical (unpaired) electrons. The van der Waals surface area contributed by atoms with Crippen molar-refractivity contribution >= 4 is 164 Å². The normalized spacial score (nSPS) is 19.3. The maximum Gasteiger partial charge on any atom is 0.317 e. The summed E-state index contributed by atoms with van der Waals surface area (Å²) in [5, 5.41) is 93.8. The van der Waals surface area contributed by atoms with E-state index < -0.39 is 199 Å². The number of para-hydroxylation sites is 1. The van der Waals surface area contributed by atoms with E-state index in [-0.39, 0.29) is 186 Å². The maximum absolute atomic E-state index is 15.7. The van der Waals surface area contributed by atoms with Crippen molar-refractivity contribution in [3.8, 4) is 0 Å². The Balaban J connectivity index is 0.879. The monoisotopic (exact) mass is 2160 g/mol. The Morgan fingerprint density at radius 2 is 1.07 bits per heavy atom. The van der Waals surface area contributed by atoms with Crippen molar-refractivity contribution in [1.29, 1.82) is 0 Å². The second-order valence-electron chi connectivity index (χ2n) is 38.8. The van der Waals surface area contributed by atoms with Crippen molar-refractivity contribution < 1.29 is 131 Å². The number of nitrogens with one attached hydrogen (secondary N) is 14. The Morgan fingerprint density at radius 1 is 0.527 bits per heavy atom. The molecule has 0 spiro atoms. The van der Waals surface area contributed by atoms with Gasteiger partial charge in [0.05, 0.1) is 65.6 Å². The van der Waals surface area contributed by atoms with Crippen LogP contribution in [0.2, 0.25) is 5.02 Å². The molecule has 46 nitrogen and oxygen atoms in total. The zero-order valence-electron chi connectivity index (χ0n) is 86.1. The molecule has 3 aromatic carbocycles. The summed E-state index contributed by atoms with van der Waals surface area (Å²) in [5.41, 5.74) is 1.76. The number of carbonyl (C=O) groups is 18. The van der Waals surface area contributed by atoms with Crippen LogP contribution in [0.4, 0.5) is 0 Å². The van der Waals surface area contributed by atoms with Gasteiger partial charge in [0, 0.05) is 186 Å². The molecule has 0 saturated carbocycles. The topological polar surface area (TPSA) is 648 Å². The smallest absolute Gasteiger partial charge is 0.317 e. The van der Waals surface area contributed by atoms with Gasteiger partial charge in [0.1, 0.15) is 59.9 Å². The average molecular weight is 2160 g/mol. The van der Waals surface area contributed by atoms with Crippen LogP contribution in [0.3, 0.4) is 0 Å². The molecule has 49 heteroatoms. The molecule has 13 amide bonds. The van der Waals surface area contributed by atoms with Crippen molar-refractivity contribution in [1.82, 2.24) is 98.3 Å². The lowest BCUT2D eigenvalue weighted by Crippen LogP contribution is -2.66. The summed E-state index contributed by atoms with van der Waals surface area (Å²) in [6.45, 7) is 14.2. The minimum absolute atomic E-state index is 0.0334. The molecule has 2 aromatic heterocycles. The summed E-state index contributed by atoms with van der Waals surface area (Å²) >= 11 is 9.36. The Bertz CT molecular complexity index is 5330. The van der Waals surface area contributed by atoms with Crippen LogP contribution in [0.5, 0.6) is 0 Å². The van der Waals surface area contributed by atoms with Crippen molar-refractivity contribution in [2.45, 2.75) is 210 Å². The van der Waals surface area contributed by atoms with Crippen LogP contribution in [0.1, 0.15) is 148 Å². The summed E-state index contributed by atoms with van der Waals surface area (Å²) in [6, 6.07) is 6.07. The lowest BCUT2D eigenvalue weighted by atomic mass is 9.95. The van der Waals surface area contributed by atoms with E-state index in [1.54, 1.807) is 95.2 Å². The third-order valence-corrected chi connectivity index (χ3v) is 28.0. The number of aromatic amines is 2. The molecular weight excluding hydrogens is 2010 g/mol. The van der Waals surface area contributed by atoms with Gasteiger partial charge in [-0.05, 0) is 116 Å². The van der Waals surface area contributed by atoms with Gasteiger partial charge in [-0.3, -0.25) is 106 Å². The first-order valence-corrected chi connectivity index (χ1v) is 53.5. The van der Waals surface area contributed by atoms with Gasteiger partial charge in [0.15, 0.2) is 0 Å². The standard InChI is InChI=1S/C101H148ClN19O27S2/c1-8-64(6)90-98(143)105-28-44-149-58-65-15-11-16-66(47-65)59-150-60-80(96(141)116-101(7,61-122)100(145)114-76(46-63(4)5)95(140)115-90)113-92(137)75(45-62(2)3)110-91(136)74(22-25-85(126)127)109-97(142)81-19-12-29-121(81)99(144)79(49-68-53-107-73-21-20-69(102)50-71(68)73)112-93(138)77(48-67-52-106-72-18-10-9-17-70(67)72)111-94(139)78(51-86(128)129)108-83(124)24-23-82(123)103-26-13-38-146-40-42-148-43-41-147-39-14-27-104-84(125)54-117-30-32-118(55-87(130)131)34-36-120(57-89(134)135)37-35-119(33-31-117)56-88(132)133/h9-11,15-18,20-21,47,50,52-53,62-64,74-81,90,106-107,122H,8,12-14,19,22-46,48-49,51,54-61H2,1-7H3,(H,103,123)(H,104,125)(H,105,143)(H,108,124)(H,109,142)(H,110,136)(H,111,139)(H,112,138)(H,113,137)(H,114,145)(H,115,140)(H,116,141)(H,126,127)(H,128,129)(H,130,131)(H,132,133)(H,134,135)/t64-,74-,75+,76-,77-,78-,79-,80-,81-,90-,101-/m0/s1. The van der Waals surface area contributed by atoms with E-state index in [1.807, 2.05) is 56.9 Å². The van der Waals surface area contributed by atoms with Crippen molar-refractivity contribution in [2.24, 2.45) is 17.8 Å². The average Bonchev–Trinajstić information content (AvgIpc) is 1.64. The molecule has 828 valence electrons. The number of halogens is 1. The lowest BCUT2D eigenvalue weighted by molar-refractivity contribution is -0.143. The number of benzene rings is 3. The number of H-pyrrole nitrogens is 2. The van der Waals surface area contributed by atoms with Crippen LogP contribution >= 0.6 is 35.1 Å². The molecule has 5 aromatic rings. The van der Waals surface area contributed by atoms with Crippen molar-refractivity contribution in [3.63, 3.8) is 0 Å². The van der Waals surface area contributed by atoms with E-state index in [0.29, 0.717) is 101 Å². The molecule has 2 fully saturated rings. The van der Waals surface area contributed by atoms with Crippen LogP contribution in [-0.2, 0) is 125 Å². The molecule has 20 N–H and O–H groups in total. The van der Waals surface area contributed by atoms with E-state index in [1.165, 1.54) is 23.6 Å². The molecule has 8 rings (SSSR count). The molecule has 3 aliphatic rings.